The van der Waals surface area contributed by atoms with E-state index in [2.05, 4.69) is 5.10 Å². The Morgan fingerprint density at radius 3 is 2.74 bits per heavy atom. The van der Waals surface area contributed by atoms with Crippen LogP contribution in [0.4, 0.5) is 0 Å². The number of benzene rings is 2. The summed E-state index contributed by atoms with van der Waals surface area (Å²) in [6.45, 7) is 1.33. The number of carbonyl (C=O) groups is 1. The number of hydrogen-bond acceptors (Lipinski definition) is 4. The molecule has 1 amide bonds. The number of piperidine rings is 1. The Kier molecular flexibility index (Phi) is 6.21. The van der Waals surface area contributed by atoms with E-state index in [1.807, 2.05) is 59.5 Å². The van der Waals surface area contributed by atoms with Crippen LogP contribution >= 0.6 is 0 Å². The first-order chi connectivity index (χ1) is 15.1. The lowest BCUT2D eigenvalue weighted by Gasteiger charge is -2.32. The van der Waals surface area contributed by atoms with Crippen molar-refractivity contribution in [1.29, 1.82) is 0 Å². The van der Waals surface area contributed by atoms with Crippen LogP contribution in [-0.2, 0) is 18.3 Å². The van der Waals surface area contributed by atoms with Gasteiger partial charge in [-0.25, -0.2) is 14.0 Å². The lowest BCUT2D eigenvalue weighted by atomic mass is 9.96. The molecule has 1 aliphatic heterocycles. The number of carbonyl (C=O) groups excluding carboxylic acids is 1. The highest BCUT2D eigenvalue weighted by Crippen LogP contribution is 2.27. The highest BCUT2D eigenvalue weighted by molar-refractivity contribution is 5.76. The molecule has 2 heterocycles. The number of likely N-dealkylation sites (tertiary alicyclic amines) is 1. The van der Waals surface area contributed by atoms with E-state index in [0.29, 0.717) is 19.4 Å². The van der Waals surface area contributed by atoms with Crippen molar-refractivity contribution in [2.45, 2.75) is 31.6 Å². The Balaban J connectivity index is 1.48. The van der Waals surface area contributed by atoms with Crippen molar-refractivity contribution in [3.63, 3.8) is 0 Å². The van der Waals surface area contributed by atoms with Crippen LogP contribution in [0, 0.1) is 0 Å². The molecule has 1 unspecified atom stereocenters. The normalized spacial score (nSPS) is 16.3. The Morgan fingerprint density at radius 1 is 1.16 bits per heavy atom. The number of amides is 1. The van der Waals surface area contributed by atoms with Crippen molar-refractivity contribution in [1.82, 2.24) is 19.2 Å². The second-order valence-corrected chi connectivity index (χ2v) is 7.97. The van der Waals surface area contributed by atoms with Crippen molar-refractivity contribution in [2.75, 3.05) is 20.2 Å². The molecule has 4 rings (SSSR count). The number of nitrogens with zero attached hydrogens (tertiary/aromatic N) is 4. The van der Waals surface area contributed by atoms with Gasteiger partial charge in [0.25, 0.3) is 0 Å². The third kappa shape index (κ3) is 4.55. The summed E-state index contributed by atoms with van der Waals surface area (Å²) in [4.78, 5) is 27.6. The van der Waals surface area contributed by atoms with E-state index < -0.39 is 0 Å². The van der Waals surface area contributed by atoms with Crippen LogP contribution in [0.15, 0.2) is 59.4 Å². The molecule has 1 fully saturated rings. The van der Waals surface area contributed by atoms with Gasteiger partial charge in [0.1, 0.15) is 11.6 Å². The maximum Gasteiger partial charge on any atom is 0.350 e. The Hall–Kier alpha value is -3.35. The topological polar surface area (TPSA) is 69.4 Å². The molecule has 0 saturated carbocycles. The van der Waals surface area contributed by atoms with Gasteiger partial charge in [0.2, 0.25) is 5.91 Å². The molecule has 0 N–H and O–H groups in total. The van der Waals surface area contributed by atoms with Crippen molar-refractivity contribution in [2.24, 2.45) is 7.05 Å². The predicted octanol–water partition coefficient (Wildman–Crippen LogP) is 2.92. The van der Waals surface area contributed by atoms with Crippen LogP contribution in [0.5, 0.6) is 5.75 Å². The largest absolute Gasteiger partial charge is 0.497 e. The average Bonchev–Trinajstić information content (AvgIpc) is 3.12. The fourth-order valence-corrected chi connectivity index (χ4v) is 4.22. The zero-order chi connectivity index (χ0) is 21.8. The highest BCUT2D eigenvalue weighted by Gasteiger charge is 2.29. The van der Waals surface area contributed by atoms with E-state index in [0.717, 1.165) is 42.2 Å². The van der Waals surface area contributed by atoms with Gasteiger partial charge in [-0.1, -0.05) is 30.3 Å². The number of aryl methyl sites for hydroxylation is 2. The zero-order valence-electron chi connectivity index (χ0n) is 18.0. The number of para-hydroxylation sites is 1. The monoisotopic (exact) mass is 420 g/mol. The van der Waals surface area contributed by atoms with Gasteiger partial charge in [0, 0.05) is 32.5 Å². The minimum atomic E-state index is -0.164. The molecule has 1 aliphatic rings. The maximum atomic E-state index is 12.9. The molecule has 0 spiro atoms. The standard InChI is InChI=1S/C24H28N4O3/c1-26-24(30)28(20-10-4-3-5-11-20)23(25-26)19-9-7-15-27(17-19)22(29)14-13-18-8-6-12-21(16-18)31-2/h3-6,8,10-12,16,19H,7,9,13-15,17H2,1-2H3. The average molecular weight is 421 g/mol. The van der Waals surface area contributed by atoms with Gasteiger partial charge in [-0.05, 0) is 49.1 Å². The van der Waals surface area contributed by atoms with Gasteiger partial charge in [0.05, 0.1) is 12.8 Å². The summed E-state index contributed by atoms with van der Waals surface area (Å²) >= 11 is 0. The van der Waals surface area contributed by atoms with E-state index in [9.17, 15) is 9.59 Å². The third-order valence-electron chi connectivity index (χ3n) is 5.87. The van der Waals surface area contributed by atoms with Crippen LogP contribution in [0.25, 0.3) is 5.69 Å². The summed E-state index contributed by atoms with van der Waals surface area (Å²) in [7, 11) is 3.32. The highest BCUT2D eigenvalue weighted by atomic mass is 16.5. The zero-order valence-corrected chi connectivity index (χ0v) is 18.0. The molecule has 7 nitrogen and oxygen atoms in total. The van der Waals surface area contributed by atoms with Crippen LogP contribution in [-0.4, -0.2) is 45.4 Å². The fraction of sp³-hybridized carbons (Fsp3) is 0.375. The van der Waals surface area contributed by atoms with Crippen LogP contribution in [0.3, 0.4) is 0 Å². The van der Waals surface area contributed by atoms with Gasteiger partial charge in [-0.2, -0.15) is 5.10 Å². The molecule has 1 saturated heterocycles. The van der Waals surface area contributed by atoms with Gasteiger partial charge in [-0.3, -0.25) is 4.79 Å². The van der Waals surface area contributed by atoms with Gasteiger partial charge in [0.15, 0.2) is 0 Å². The quantitative estimate of drug-likeness (QED) is 0.615. The Labute approximate surface area is 181 Å². The molecule has 7 heteroatoms. The maximum absolute atomic E-state index is 12.9. The van der Waals surface area contributed by atoms with Gasteiger partial charge in [-0.15, -0.1) is 0 Å². The summed E-state index contributed by atoms with van der Waals surface area (Å²) < 4.78 is 8.32. The predicted molar refractivity (Wildman–Crippen MR) is 119 cm³/mol. The number of hydrogen-bond donors (Lipinski definition) is 0. The molecule has 3 aromatic rings. The van der Waals surface area contributed by atoms with Crippen LogP contribution in [0.1, 0.15) is 36.6 Å². The lowest BCUT2D eigenvalue weighted by Crippen LogP contribution is -2.40. The molecule has 2 aromatic carbocycles. The molecule has 0 aliphatic carbocycles. The Morgan fingerprint density at radius 2 is 1.97 bits per heavy atom. The summed E-state index contributed by atoms with van der Waals surface area (Å²) in [5.74, 6) is 1.70. The van der Waals surface area contributed by atoms with Crippen molar-refractivity contribution < 1.29 is 9.53 Å². The van der Waals surface area contributed by atoms with Crippen molar-refractivity contribution >= 4 is 5.91 Å². The molecule has 1 aromatic heterocycles. The number of aromatic nitrogens is 3. The van der Waals surface area contributed by atoms with Crippen molar-refractivity contribution in [3.8, 4) is 11.4 Å². The van der Waals surface area contributed by atoms with Crippen LogP contribution < -0.4 is 10.4 Å². The number of rotatable bonds is 6. The minimum Gasteiger partial charge on any atom is -0.497 e. The molecule has 0 radical (unpaired) electrons. The van der Waals surface area contributed by atoms with Gasteiger partial charge < -0.3 is 9.64 Å². The van der Waals surface area contributed by atoms with E-state index in [4.69, 9.17) is 4.74 Å². The molecular formula is C24H28N4O3. The molecule has 162 valence electrons. The molecule has 0 bridgehead atoms. The molecule has 31 heavy (non-hydrogen) atoms. The molecular weight excluding hydrogens is 392 g/mol. The first kappa shape index (κ1) is 20.9. The van der Waals surface area contributed by atoms with E-state index in [1.165, 1.54) is 4.68 Å². The second-order valence-electron chi connectivity index (χ2n) is 7.97. The summed E-state index contributed by atoms with van der Waals surface area (Å²) in [6, 6.07) is 17.4. The molecule has 1 atom stereocenters. The first-order valence-corrected chi connectivity index (χ1v) is 10.7. The minimum absolute atomic E-state index is 0.0311. The smallest absolute Gasteiger partial charge is 0.350 e. The lowest BCUT2D eigenvalue weighted by molar-refractivity contribution is -0.132. The van der Waals surface area contributed by atoms with Crippen molar-refractivity contribution in [3.05, 3.63) is 76.5 Å². The fourth-order valence-electron chi connectivity index (χ4n) is 4.22. The van der Waals surface area contributed by atoms with E-state index in [1.54, 1.807) is 18.7 Å². The summed E-state index contributed by atoms with van der Waals surface area (Å²) in [6.07, 6.45) is 2.93. The first-order valence-electron chi connectivity index (χ1n) is 10.7. The van der Waals surface area contributed by atoms with Crippen LogP contribution in [0.2, 0.25) is 0 Å². The number of ether oxygens (including phenoxy) is 1. The van der Waals surface area contributed by atoms with Gasteiger partial charge >= 0.3 is 5.69 Å². The SMILES string of the molecule is COc1cccc(CCC(=O)N2CCCC(c3nn(C)c(=O)n3-c3ccccc3)C2)c1. The summed E-state index contributed by atoms with van der Waals surface area (Å²) in [5.41, 5.74) is 1.73. The third-order valence-corrected chi connectivity index (χ3v) is 5.87. The second kappa shape index (κ2) is 9.20. The van der Waals surface area contributed by atoms with E-state index in [-0.39, 0.29) is 17.5 Å². The Bertz CT molecular complexity index is 1100. The summed E-state index contributed by atoms with van der Waals surface area (Å²) in [5, 5.41) is 4.53. The van der Waals surface area contributed by atoms with E-state index >= 15 is 0 Å². The number of methoxy groups -OCH3 is 1.